The molecule has 318 valence electrons. The van der Waals surface area contributed by atoms with Crippen LogP contribution in [0.15, 0.2) is 192 Å². The van der Waals surface area contributed by atoms with Crippen LogP contribution < -0.4 is 20.3 Å². The molecule has 9 heteroatoms. The molecule has 1 heterocycles. The Kier molecular flexibility index (Phi) is 15.8. The van der Waals surface area contributed by atoms with E-state index >= 15 is 0 Å². The summed E-state index contributed by atoms with van der Waals surface area (Å²) in [6, 6.07) is 60.9. The highest BCUT2D eigenvalue weighted by atomic mass is 32.1. The number of rotatable bonds is 20. The highest BCUT2D eigenvalue weighted by Crippen LogP contribution is 2.43. The zero-order valence-electron chi connectivity index (χ0n) is 35.7. The Morgan fingerprint density at radius 3 is 1.03 bits per heavy atom. The van der Waals surface area contributed by atoms with Gasteiger partial charge in [0, 0.05) is 24.7 Å². The number of benzene rings is 6. The molecule has 0 atom stereocenters. The van der Waals surface area contributed by atoms with E-state index in [1.807, 2.05) is 147 Å². The van der Waals surface area contributed by atoms with Gasteiger partial charge in [-0.1, -0.05) is 196 Å². The van der Waals surface area contributed by atoms with Crippen LogP contribution in [0.4, 0.5) is 0 Å². The second-order valence-corrected chi connectivity index (χ2v) is 16.0. The fourth-order valence-electron chi connectivity index (χ4n) is 7.41. The lowest BCUT2D eigenvalue weighted by molar-refractivity contribution is 0.0945. The van der Waals surface area contributed by atoms with Crippen molar-refractivity contribution in [2.45, 2.75) is 51.4 Å². The normalized spacial score (nSPS) is 11.7. The molecule has 0 aliphatic carbocycles. The van der Waals surface area contributed by atoms with E-state index < -0.39 is 11.8 Å². The highest BCUT2D eigenvalue weighted by Gasteiger charge is 2.30. The van der Waals surface area contributed by atoms with Crippen LogP contribution in [0.2, 0.25) is 0 Å². The third-order valence-electron chi connectivity index (χ3n) is 10.5. The first-order valence-corrected chi connectivity index (χ1v) is 22.3. The molecule has 0 bridgehead atoms. The summed E-state index contributed by atoms with van der Waals surface area (Å²) in [6.45, 7) is 4.59. The summed E-state index contributed by atoms with van der Waals surface area (Å²) in [5, 5.41) is 9.61. The molecular weight excluding hydrogens is 801 g/mol. The van der Waals surface area contributed by atoms with E-state index in [4.69, 9.17) is 19.7 Å². The lowest BCUT2D eigenvalue weighted by Gasteiger charge is -2.19. The van der Waals surface area contributed by atoms with Crippen molar-refractivity contribution in [2.75, 3.05) is 13.2 Å². The van der Waals surface area contributed by atoms with Crippen molar-refractivity contribution in [3.05, 3.63) is 225 Å². The van der Waals surface area contributed by atoms with E-state index in [1.54, 1.807) is 0 Å². The zero-order chi connectivity index (χ0) is 43.6. The van der Waals surface area contributed by atoms with Gasteiger partial charge in [0.15, 0.2) is 11.5 Å². The summed E-state index contributed by atoms with van der Waals surface area (Å²) in [5.74, 6) is -0.678. The Balaban J connectivity index is 1.23. The van der Waals surface area contributed by atoms with Gasteiger partial charge in [-0.3, -0.25) is 9.59 Å². The Bertz CT molecular complexity index is 2310. The minimum atomic E-state index is -0.516. The molecule has 0 radical (unpaired) electrons. The van der Waals surface area contributed by atoms with Crippen molar-refractivity contribution in [2.24, 2.45) is 10.2 Å². The monoisotopic (exact) mass is 852 g/mol. The van der Waals surface area contributed by atoms with Crippen LogP contribution in [0.25, 0.3) is 0 Å². The number of hydrogen-bond donors (Lipinski definition) is 2. The Hall–Kier alpha value is -7.10. The van der Waals surface area contributed by atoms with Crippen molar-refractivity contribution in [1.29, 1.82) is 0 Å². The molecular formula is C54H52N4O4S. The van der Waals surface area contributed by atoms with Gasteiger partial charge in [0.1, 0.15) is 9.75 Å². The Morgan fingerprint density at radius 2 is 0.746 bits per heavy atom. The summed E-state index contributed by atoms with van der Waals surface area (Å²) >= 11 is 1.00. The van der Waals surface area contributed by atoms with Crippen molar-refractivity contribution in [3.8, 4) is 11.5 Å². The predicted octanol–water partition coefficient (Wildman–Crippen LogP) is 12.0. The largest absolute Gasteiger partial charge is 0.488 e. The van der Waals surface area contributed by atoms with E-state index in [0.29, 0.717) is 50.3 Å². The van der Waals surface area contributed by atoms with Crippen LogP contribution in [-0.2, 0) is 0 Å². The maximum atomic E-state index is 14.4. The van der Waals surface area contributed by atoms with Crippen molar-refractivity contribution < 1.29 is 19.1 Å². The van der Waals surface area contributed by atoms with Gasteiger partial charge >= 0.3 is 0 Å². The molecule has 0 fully saturated rings. The highest BCUT2D eigenvalue weighted by molar-refractivity contribution is 7.16. The van der Waals surface area contributed by atoms with Gasteiger partial charge in [-0.2, -0.15) is 10.2 Å². The quantitative estimate of drug-likeness (QED) is 0.0589. The minimum absolute atomic E-state index is 0.0326. The number of carbonyl (C=O) groups excluding carboxylic acids is 2. The van der Waals surface area contributed by atoms with E-state index in [1.165, 1.54) is 0 Å². The van der Waals surface area contributed by atoms with Gasteiger partial charge in [-0.25, -0.2) is 10.9 Å². The molecule has 6 aromatic carbocycles. The van der Waals surface area contributed by atoms with E-state index in [-0.39, 0.29) is 33.1 Å². The second-order valence-electron chi connectivity index (χ2n) is 15.0. The molecule has 63 heavy (non-hydrogen) atoms. The van der Waals surface area contributed by atoms with Gasteiger partial charge in [-0.05, 0) is 46.2 Å². The van der Waals surface area contributed by atoms with Gasteiger partial charge in [0.25, 0.3) is 11.8 Å². The molecule has 0 aliphatic heterocycles. The first-order valence-electron chi connectivity index (χ1n) is 21.5. The summed E-state index contributed by atoms with van der Waals surface area (Å²) in [5.41, 5.74) is 13.4. The maximum absolute atomic E-state index is 14.4. The molecule has 0 saturated carbocycles. The maximum Gasteiger partial charge on any atom is 0.285 e. The smallest absolute Gasteiger partial charge is 0.285 e. The van der Waals surface area contributed by atoms with E-state index in [9.17, 15) is 9.59 Å². The molecule has 0 spiro atoms. The van der Waals surface area contributed by atoms with Crippen LogP contribution in [0, 0.1) is 0 Å². The molecule has 0 saturated heterocycles. The molecule has 7 aromatic rings. The number of ether oxygens (including phenoxy) is 2. The molecule has 0 unspecified atom stereocenters. The summed E-state index contributed by atoms with van der Waals surface area (Å²) < 4.78 is 12.5. The van der Waals surface area contributed by atoms with Gasteiger partial charge in [0.2, 0.25) is 0 Å². The first-order chi connectivity index (χ1) is 31.0. The number of amides is 2. The fourth-order valence-corrected chi connectivity index (χ4v) is 8.38. The lowest BCUT2D eigenvalue weighted by Crippen LogP contribution is -2.21. The number of hydrazone groups is 2. The van der Waals surface area contributed by atoms with E-state index in [0.717, 1.165) is 44.7 Å². The van der Waals surface area contributed by atoms with Gasteiger partial charge in [-0.15, -0.1) is 11.3 Å². The average Bonchev–Trinajstić information content (AvgIpc) is 3.72. The van der Waals surface area contributed by atoms with Crippen LogP contribution >= 0.6 is 11.3 Å². The molecule has 7 rings (SSSR count). The molecule has 1 aromatic heterocycles. The second kappa shape index (κ2) is 22.7. The van der Waals surface area contributed by atoms with E-state index in [2.05, 4.69) is 59.4 Å². The van der Waals surface area contributed by atoms with Crippen LogP contribution in [0.3, 0.4) is 0 Å². The Labute approximate surface area is 374 Å². The number of nitrogens with zero attached hydrogens (tertiary/aromatic N) is 2. The minimum Gasteiger partial charge on any atom is -0.488 e. The standard InChI is InChI=1S/C54H52N4O4S/c1-3-35-61-49-50(62-36-4-2)52(54(60)58-56-48(44-33-21-10-22-34-44)38-46(41-27-15-7-16-28-41)42-29-17-8-18-30-42)63-51(49)53(59)57-55-47(43-31-19-9-20-32-43)37-45(39-23-11-5-12-24-39)40-25-13-6-14-26-40/h5-34,45-46H,3-4,35-38H2,1-2H3,(H,57,59)(H,58,60)/b55-47-,56-48-. The fraction of sp³-hybridized carbons (Fsp3) is 0.185. The third kappa shape index (κ3) is 11.6. The number of nitrogens with one attached hydrogen (secondary N) is 2. The zero-order valence-corrected chi connectivity index (χ0v) is 36.5. The molecule has 8 nitrogen and oxygen atoms in total. The van der Waals surface area contributed by atoms with Crippen molar-refractivity contribution in [1.82, 2.24) is 10.9 Å². The summed E-state index contributed by atoms with van der Waals surface area (Å²) in [6.07, 6.45) is 2.38. The average molecular weight is 853 g/mol. The predicted molar refractivity (Wildman–Crippen MR) is 255 cm³/mol. The topological polar surface area (TPSA) is 101 Å². The number of thiophene rings is 1. The van der Waals surface area contributed by atoms with Gasteiger partial charge < -0.3 is 9.47 Å². The lowest BCUT2D eigenvalue weighted by atomic mass is 9.85. The molecule has 0 aliphatic rings. The summed E-state index contributed by atoms with van der Waals surface area (Å²) in [7, 11) is 0. The molecule has 2 amide bonds. The van der Waals surface area contributed by atoms with Crippen LogP contribution in [-0.4, -0.2) is 36.5 Å². The molecule has 2 N–H and O–H groups in total. The van der Waals surface area contributed by atoms with Gasteiger partial charge in [0.05, 0.1) is 24.6 Å². The van der Waals surface area contributed by atoms with Crippen molar-refractivity contribution >= 4 is 34.6 Å². The SMILES string of the molecule is CCCOc1c(C(=O)N/N=C(/CC(c2ccccc2)c2ccccc2)c2ccccc2)sc(C(=O)N/N=C(/CC(c2ccccc2)c2ccccc2)c2ccccc2)c1OCCC. The number of hydrogen-bond acceptors (Lipinski definition) is 7. The van der Waals surface area contributed by atoms with Crippen LogP contribution in [0.1, 0.15) is 104 Å². The van der Waals surface area contributed by atoms with Crippen LogP contribution in [0.5, 0.6) is 11.5 Å². The van der Waals surface area contributed by atoms with Crippen molar-refractivity contribution in [3.63, 3.8) is 0 Å². The summed E-state index contributed by atoms with van der Waals surface area (Å²) in [4.78, 5) is 29.1. The third-order valence-corrected chi connectivity index (χ3v) is 11.7. The Morgan fingerprint density at radius 1 is 0.460 bits per heavy atom. The number of carbonyl (C=O) groups is 2. The first kappa shape index (κ1) is 44.0.